The topological polar surface area (TPSA) is 57.2 Å². The largest absolute Gasteiger partial charge is 0.741 e. The first kappa shape index (κ1) is 21.1. The van der Waals surface area contributed by atoms with Gasteiger partial charge in [0, 0.05) is 4.47 Å². The lowest BCUT2D eigenvalue weighted by Crippen LogP contribution is -3.59. The molecule has 0 fully saturated rings. The Hall–Kier alpha value is -0.910. The van der Waals surface area contributed by atoms with Crippen molar-refractivity contribution in [1.82, 2.24) is 0 Å². The van der Waals surface area contributed by atoms with Crippen molar-refractivity contribution in [2.45, 2.75) is 5.51 Å². The average molecular weight is 535 g/mol. The molecule has 0 unspecified atom stereocenters. The quantitative estimate of drug-likeness (QED) is 0.340. The molecule has 0 aromatic heterocycles. The van der Waals surface area contributed by atoms with Crippen LogP contribution in [0.5, 0.6) is 0 Å². The highest BCUT2D eigenvalue weighted by atomic mass is 127. The van der Waals surface area contributed by atoms with Gasteiger partial charge in [0.25, 0.3) is 0 Å². The second kappa shape index (κ2) is 9.54. The van der Waals surface area contributed by atoms with Crippen molar-refractivity contribution in [3.8, 4) is 0 Å². The third-order valence-electron chi connectivity index (χ3n) is 2.33. The van der Waals surface area contributed by atoms with Crippen molar-refractivity contribution in [2.75, 3.05) is 0 Å². The van der Waals surface area contributed by atoms with E-state index in [1.165, 1.54) is 9.13 Å². The Morgan fingerprint density at radius 3 is 1.96 bits per heavy atom. The molecule has 0 bridgehead atoms. The minimum absolute atomic E-state index is 0.000774. The average Bonchev–Trinajstić information content (AvgIpc) is 2.49. The van der Waals surface area contributed by atoms with Crippen molar-refractivity contribution in [3.05, 3.63) is 72.3 Å². The number of benzene rings is 2. The number of hydrogen-bond donors (Lipinski definition) is 0. The summed E-state index contributed by atoms with van der Waals surface area (Å²) >= 11 is 3.43. The molecule has 0 saturated carbocycles. The van der Waals surface area contributed by atoms with Crippen molar-refractivity contribution >= 4 is 32.1 Å². The fourth-order valence-corrected chi connectivity index (χ4v) is 3.34. The molecule has 0 spiro atoms. The van der Waals surface area contributed by atoms with E-state index in [1.807, 2.05) is 0 Å². The standard InChI is InChI=1S/C14H11BrI.CHF3O3S/c15-13-8-6-12(7-9-13)10-11-16-14-4-2-1-3-5-14;2-1(3,4)8(5,6)7/h1-11H;(H,5,6,7)/q+1;/p-1/b11-10+;. The molecule has 0 aliphatic carbocycles. The van der Waals surface area contributed by atoms with Gasteiger partial charge in [-0.2, -0.15) is 13.2 Å². The fourth-order valence-electron chi connectivity index (χ4n) is 1.24. The Labute approximate surface area is 156 Å². The van der Waals surface area contributed by atoms with Crippen LogP contribution in [0, 0.1) is 3.57 Å². The molecule has 0 radical (unpaired) electrons. The van der Waals surface area contributed by atoms with Crippen LogP contribution in [0.25, 0.3) is 6.08 Å². The van der Waals surface area contributed by atoms with E-state index in [1.54, 1.807) is 0 Å². The highest BCUT2D eigenvalue weighted by molar-refractivity contribution is 9.10. The van der Waals surface area contributed by atoms with Gasteiger partial charge in [0.1, 0.15) is 0 Å². The van der Waals surface area contributed by atoms with E-state index in [9.17, 15) is 13.2 Å². The molecule has 2 aromatic rings. The molecular formula is C15H11BrF3IO3S. The summed E-state index contributed by atoms with van der Waals surface area (Å²) in [5, 5.41) is 0. The van der Waals surface area contributed by atoms with Gasteiger partial charge >= 0.3 is 26.7 Å². The molecule has 130 valence electrons. The van der Waals surface area contributed by atoms with Crippen LogP contribution in [0.15, 0.2) is 63.2 Å². The van der Waals surface area contributed by atoms with E-state index in [0.717, 1.165) is 4.47 Å². The minimum atomic E-state index is -6.09. The highest BCUT2D eigenvalue weighted by Crippen LogP contribution is 2.20. The summed E-state index contributed by atoms with van der Waals surface area (Å²) in [4.78, 5) is 0. The molecule has 0 aliphatic rings. The first-order valence-electron chi connectivity index (χ1n) is 6.22. The van der Waals surface area contributed by atoms with Crippen molar-refractivity contribution in [1.29, 1.82) is 0 Å². The smallest absolute Gasteiger partial charge is 0.485 e. The number of alkyl halides is 3. The number of rotatable bonds is 3. The van der Waals surface area contributed by atoms with Gasteiger partial charge in [0.15, 0.2) is 17.8 Å². The minimum Gasteiger partial charge on any atom is -0.741 e. The number of halogens is 5. The zero-order valence-corrected chi connectivity index (χ0v) is 16.4. The van der Waals surface area contributed by atoms with Crippen LogP contribution in [0.4, 0.5) is 13.2 Å². The Kier molecular flexibility index (Phi) is 8.40. The predicted octanol–water partition coefficient (Wildman–Crippen LogP) is 1.43. The molecule has 3 nitrogen and oxygen atoms in total. The van der Waals surface area contributed by atoms with Gasteiger partial charge in [0.05, 0.1) is 0 Å². The predicted molar refractivity (Wildman–Crippen MR) is 84.1 cm³/mol. The van der Waals surface area contributed by atoms with Crippen LogP contribution in [-0.2, 0) is 10.1 Å². The first-order chi connectivity index (χ1) is 11.1. The number of hydrogen-bond acceptors (Lipinski definition) is 3. The maximum atomic E-state index is 10.7. The Balaban J connectivity index is 0.000000307. The second-order valence-corrected chi connectivity index (χ2v) is 9.02. The van der Waals surface area contributed by atoms with E-state index in [2.05, 4.69) is 80.7 Å². The molecule has 0 heterocycles. The second-order valence-electron chi connectivity index (χ2n) is 4.15. The molecule has 0 N–H and O–H groups in total. The van der Waals surface area contributed by atoms with E-state index < -0.39 is 15.6 Å². The van der Waals surface area contributed by atoms with Crippen LogP contribution in [0.1, 0.15) is 5.56 Å². The van der Waals surface area contributed by atoms with Gasteiger partial charge in [-0.05, 0) is 35.9 Å². The zero-order chi connectivity index (χ0) is 18.2. The van der Waals surface area contributed by atoms with Gasteiger partial charge in [-0.1, -0.05) is 46.3 Å². The molecule has 0 atom stereocenters. The lowest BCUT2D eigenvalue weighted by Gasteiger charge is -2.08. The molecule has 9 heteroatoms. The summed E-state index contributed by atoms with van der Waals surface area (Å²) in [5.41, 5.74) is -4.38. The van der Waals surface area contributed by atoms with Gasteiger partial charge in [-0.3, -0.25) is 0 Å². The van der Waals surface area contributed by atoms with Crippen molar-refractivity contribution < 1.29 is 47.3 Å². The third kappa shape index (κ3) is 8.27. The molecule has 2 rings (SSSR count). The fraction of sp³-hybridized carbons (Fsp3) is 0.0667. The van der Waals surface area contributed by atoms with Crippen molar-refractivity contribution in [2.24, 2.45) is 0 Å². The molecule has 2 aromatic carbocycles. The summed E-state index contributed by atoms with van der Waals surface area (Å²) in [7, 11) is -6.09. The normalized spacial score (nSPS) is 11.9. The van der Waals surface area contributed by atoms with Gasteiger partial charge in [0.2, 0.25) is 0 Å². The highest BCUT2D eigenvalue weighted by Gasteiger charge is 2.36. The van der Waals surface area contributed by atoms with Crippen molar-refractivity contribution in [3.63, 3.8) is 0 Å². The summed E-state index contributed by atoms with van der Waals surface area (Å²) in [6.07, 6.45) is 2.20. The van der Waals surface area contributed by atoms with E-state index >= 15 is 0 Å². The Morgan fingerprint density at radius 2 is 1.50 bits per heavy atom. The van der Waals surface area contributed by atoms with Gasteiger partial charge in [-0.15, -0.1) is 0 Å². The molecule has 0 amide bonds. The monoisotopic (exact) mass is 534 g/mol. The summed E-state index contributed by atoms with van der Waals surface area (Å²) in [6.45, 7) is 0. The molecule has 0 aliphatic heterocycles. The van der Waals surface area contributed by atoms with Crippen LogP contribution in [-0.4, -0.2) is 18.5 Å². The molecule has 24 heavy (non-hydrogen) atoms. The van der Waals surface area contributed by atoms with E-state index in [4.69, 9.17) is 13.0 Å². The Morgan fingerprint density at radius 1 is 1.00 bits per heavy atom. The maximum absolute atomic E-state index is 10.7. The third-order valence-corrected chi connectivity index (χ3v) is 5.58. The van der Waals surface area contributed by atoms with Crippen LogP contribution >= 0.6 is 15.9 Å². The van der Waals surface area contributed by atoms with Crippen LogP contribution in [0.2, 0.25) is 0 Å². The van der Waals surface area contributed by atoms with Gasteiger partial charge in [-0.25, -0.2) is 8.42 Å². The maximum Gasteiger partial charge on any atom is 0.485 e. The lowest BCUT2D eigenvalue weighted by atomic mass is 10.2. The van der Waals surface area contributed by atoms with Crippen LogP contribution in [0.3, 0.4) is 0 Å². The van der Waals surface area contributed by atoms with E-state index in [0.29, 0.717) is 0 Å². The van der Waals surface area contributed by atoms with E-state index in [-0.39, 0.29) is 21.2 Å². The SMILES string of the molecule is Brc1ccc(/C=C/[I+]c2ccccc2)cc1.O=S(=O)([O-])C(F)(F)F. The zero-order valence-electron chi connectivity index (χ0n) is 11.9. The summed E-state index contributed by atoms with van der Waals surface area (Å²) in [5.74, 6) is 0. The lowest BCUT2D eigenvalue weighted by molar-refractivity contribution is -0.555. The molecule has 0 saturated heterocycles. The first-order valence-corrected chi connectivity index (χ1v) is 10.7. The molecular weight excluding hydrogens is 524 g/mol. The van der Waals surface area contributed by atoms with Crippen LogP contribution < -0.4 is 21.2 Å². The summed E-state index contributed by atoms with van der Waals surface area (Å²) in [6, 6.07) is 19.0. The Bertz CT molecular complexity index is 761. The van der Waals surface area contributed by atoms with Gasteiger partial charge < -0.3 is 4.55 Å². The summed E-state index contributed by atoms with van der Waals surface area (Å²) < 4.78 is 63.8.